The third-order valence-corrected chi connectivity index (χ3v) is 6.54. The van der Waals surface area contributed by atoms with E-state index in [1.54, 1.807) is 24.3 Å². The molecule has 2 aliphatic heterocycles. The zero-order valence-corrected chi connectivity index (χ0v) is 19.7. The number of ether oxygens (including phenoxy) is 4. The van der Waals surface area contributed by atoms with Crippen molar-refractivity contribution < 1.29 is 49.0 Å². The number of aliphatic hydroxyl groups is 4. The fourth-order valence-corrected chi connectivity index (χ4v) is 4.61. The molecule has 3 rings (SSSR count). The lowest BCUT2D eigenvalue weighted by molar-refractivity contribution is -0.242. The Labute approximate surface area is 198 Å². The molecule has 2 saturated heterocycles. The summed E-state index contributed by atoms with van der Waals surface area (Å²) in [6.07, 6.45) is -8.39. The molecular weight excluding hydrogens is 448 g/mol. The van der Waals surface area contributed by atoms with E-state index in [0.717, 1.165) is 6.92 Å². The first-order valence-electron chi connectivity index (χ1n) is 11.5. The van der Waals surface area contributed by atoms with Crippen LogP contribution in [0.15, 0.2) is 24.3 Å². The summed E-state index contributed by atoms with van der Waals surface area (Å²) in [6, 6.07) is 6.71. The Morgan fingerprint density at radius 3 is 1.79 bits per heavy atom. The fourth-order valence-electron chi connectivity index (χ4n) is 4.61. The molecule has 0 saturated carbocycles. The molecule has 0 aliphatic carbocycles. The standard InChI is InChI=1S/C24H34O10/c1-5-16-11(2)18(27)19(28)22(33-16)14-6-8-15(9-7-14)23-20(29)21(30)24(32-13(4)26)17(34-23)10-31-12(3)25/h6-9,11,16-24,27-30H,5,10H2,1-4H3/t11-,16-,17-,18+,19+,20+,21-,22-,23-,24-/m1/s1. The number of carbonyl (C=O) groups excluding carboxylic acids is 2. The smallest absolute Gasteiger partial charge is 0.303 e. The molecule has 10 nitrogen and oxygen atoms in total. The SMILES string of the molecule is CC[C@H]1O[C@H](c2ccc([C@H]3O[C@H](COC(C)=O)[C@@H](OC(C)=O)[C@H](O)[C@@H]3O)cc2)[C@@H](O)[C@@H](O)[C@@H]1C. The topological polar surface area (TPSA) is 152 Å². The first-order chi connectivity index (χ1) is 16.0. The van der Waals surface area contributed by atoms with Crippen molar-refractivity contribution >= 4 is 11.9 Å². The molecule has 10 heteroatoms. The predicted molar refractivity (Wildman–Crippen MR) is 117 cm³/mol. The van der Waals surface area contributed by atoms with Gasteiger partial charge in [0.2, 0.25) is 0 Å². The van der Waals surface area contributed by atoms with Crippen LogP contribution in [0.4, 0.5) is 0 Å². The number of benzene rings is 1. The molecule has 2 aliphatic rings. The lowest BCUT2D eigenvalue weighted by Crippen LogP contribution is -2.57. The molecule has 1 aromatic rings. The van der Waals surface area contributed by atoms with Gasteiger partial charge in [-0.25, -0.2) is 0 Å². The van der Waals surface area contributed by atoms with E-state index in [2.05, 4.69) is 0 Å². The number of carbonyl (C=O) groups is 2. The van der Waals surface area contributed by atoms with Crippen molar-refractivity contribution in [2.75, 3.05) is 6.61 Å². The van der Waals surface area contributed by atoms with Crippen molar-refractivity contribution in [3.63, 3.8) is 0 Å². The Morgan fingerprint density at radius 2 is 1.32 bits per heavy atom. The molecule has 1 aromatic carbocycles. The minimum atomic E-state index is -1.48. The summed E-state index contributed by atoms with van der Waals surface area (Å²) in [4.78, 5) is 22.7. The fraction of sp³-hybridized carbons (Fsp3) is 0.667. The molecule has 10 atom stereocenters. The van der Waals surface area contributed by atoms with Gasteiger partial charge in [0.05, 0.1) is 12.2 Å². The van der Waals surface area contributed by atoms with Crippen LogP contribution in [0.1, 0.15) is 57.5 Å². The molecule has 0 aromatic heterocycles. The van der Waals surface area contributed by atoms with Crippen LogP contribution in [0, 0.1) is 5.92 Å². The summed E-state index contributed by atoms with van der Waals surface area (Å²) in [5.41, 5.74) is 1.15. The average Bonchev–Trinajstić information content (AvgIpc) is 2.80. The molecule has 0 bridgehead atoms. The minimum absolute atomic E-state index is 0.206. The van der Waals surface area contributed by atoms with E-state index < -0.39 is 60.8 Å². The Balaban J connectivity index is 1.80. The Kier molecular flexibility index (Phi) is 8.66. The van der Waals surface area contributed by atoms with E-state index in [0.29, 0.717) is 17.5 Å². The van der Waals surface area contributed by atoms with Crippen molar-refractivity contribution in [2.45, 2.75) is 89.1 Å². The quantitative estimate of drug-likeness (QED) is 0.423. The number of aliphatic hydroxyl groups excluding tert-OH is 4. The van der Waals surface area contributed by atoms with Crippen LogP contribution in [-0.2, 0) is 28.5 Å². The largest absolute Gasteiger partial charge is 0.463 e. The van der Waals surface area contributed by atoms with Crippen LogP contribution < -0.4 is 0 Å². The summed E-state index contributed by atoms with van der Waals surface area (Å²) in [7, 11) is 0. The summed E-state index contributed by atoms with van der Waals surface area (Å²) in [5.74, 6) is -1.45. The number of hydrogen-bond donors (Lipinski definition) is 4. The zero-order valence-electron chi connectivity index (χ0n) is 19.7. The first-order valence-corrected chi connectivity index (χ1v) is 11.5. The van der Waals surface area contributed by atoms with E-state index in [1.807, 2.05) is 13.8 Å². The molecule has 4 N–H and O–H groups in total. The molecule has 0 radical (unpaired) electrons. The molecular formula is C24H34O10. The van der Waals surface area contributed by atoms with Gasteiger partial charge in [-0.15, -0.1) is 0 Å². The van der Waals surface area contributed by atoms with Gasteiger partial charge in [-0.3, -0.25) is 9.59 Å². The maximum atomic E-state index is 11.5. The van der Waals surface area contributed by atoms with E-state index >= 15 is 0 Å². The summed E-state index contributed by atoms with van der Waals surface area (Å²) in [5, 5.41) is 42.3. The Hall–Kier alpha value is -2.08. The summed E-state index contributed by atoms with van der Waals surface area (Å²) < 4.78 is 22.1. The zero-order chi connectivity index (χ0) is 25.2. The van der Waals surface area contributed by atoms with Gasteiger partial charge in [-0.1, -0.05) is 38.1 Å². The molecule has 0 unspecified atom stereocenters. The predicted octanol–water partition coefficient (Wildman–Crippen LogP) is 0.551. The van der Waals surface area contributed by atoms with Crippen molar-refractivity contribution in [3.8, 4) is 0 Å². The van der Waals surface area contributed by atoms with Gasteiger partial charge in [-0.05, 0) is 17.5 Å². The van der Waals surface area contributed by atoms with Gasteiger partial charge in [0.1, 0.15) is 43.2 Å². The number of esters is 2. The van der Waals surface area contributed by atoms with Crippen LogP contribution in [-0.4, -0.2) is 81.7 Å². The highest BCUT2D eigenvalue weighted by atomic mass is 16.6. The third kappa shape index (κ3) is 5.59. The molecule has 2 fully saturated rings. The lowest BCUT2D eigenvalue weighted by atomic mass is 9.84. The second-order valence-electron chi connectivity index (χ2n) is 8.96. The van der Waals surface area contributed by atoms with Crippen LogP contribution in [0.5, 0.6) is 0 Å². The Morgan fingerprint density at radius 1 is 0.824 bits per heavy atom. The minimum Gasteiger partial charge on any atom is -0.463 e. The van der Waals surface area contributed by atoms with Crippen molar-refractivity contribution in [1.29, 1.82) is 0 Å². The maximum Gasteiger partial charge on any atom is 0.303 e. The molecule has 34 heavy (non-hydrogen) atoms. The van der Waals surface area contributed by atoms with Crippen molar-refractivity contribution in [1.82, 2.24) is 0 Å². The van der Waals surface area contributed by atoms with Crippen LogP contribution in [0.25, 0.3) is 0 Å². The Bertz CT molecular complexity index is 841. The van der Waals surface area contributed by atoms with Crippen molar-refractivity contribution in [2.24, 2.45) is 5.92 Å². The van der Waals surface area contributed by atoms with Gasteiger partial charge in [0, 0.05) is 19.8 Å². The number of rotatable bonds is 6. The highest BCUT2D eigenvalue weighted by molar-refractivity contribution is 5.66. The van der Waals surface area contributed by atoms with Gasteiger partial charge < -0.3 is 39.4 Å². The molecule has 0 amide bonds. The summed E-state index contributed by atoms with van der Waals surface area (Å²) in [6.45, 7) is 5.89. The second-order valence-corrected chi connectivity index (χ2v) is 8.96. The van der Waals surface area contributed by atoms with Gasteiger partial charge >= 0.3 is 11.9 Å². The van der Waals surface area contributed by atoms with E-state index in [4.69, 9.17) is 18.9 Å². The highest BCUT2D eigenvalue weighted by Crippen LogP contribution is 2.38. The van der Waals surface area contributed by atoms with Gasteiger partial charge in [-0.2, -0.15) is 0 Å². The van der Waals surface area contributed by atoms with Crippen LogP contribution >= 0.6 is 0 Å². The molecule has 190 valence electrons. The van der Waals surface area contributed by atoms with Gasteiger partial charge in [0.25, 0.3) is 0 Å². The number of hydrogen-bond acceptors (Lipinski definition) is 10. The van der Waals surface area contributed by atoms with E-state index in [9.17, 15) is 30.0 Å². The van der Waals surface area contributed by atoms with Crippen LogP contribution in [0.2, 0.25) is 0 Å². The highest BCUT2D eigenvalue weighted by Gasteiger charge is 2.47. The summed E-state index contributed by atoms with van der Waals surface area (Å²) >= 11 is 0. The van der Waals surface area contributed by atoms with Crippen LogP contribution in [0.3, 0.4) is 0 Å². The average molecular weight is 483 g/mol. The van der Waals surface area contributed by atoms with Crippen molar-refractivity contribution in [3.05, 3.63) is 35.4 Å². The molecule has 0 spiro atoms. The second kappa shape index (κ2) is 11.1. The first kappa shape index (κ1) is 26.5. The van der Waals surface area contributed by atoms with E-state index in [-0.39, 0.29) is 18.6 Å². The van der Waals surface area contributed by atoms with E-state index in [1.165, 1.54) is 6.92 Å². The maximum absolute atomic E-state index is 11.5. The molecule has 2 heterocycles. The lowest BCUT2D eigenvalue weighted by Gasteiger charge is -2.42. The normalized spacial score (nSPS) is 38.2. The monoisotopic (exact) mass is 482 g/mol. The third-order valence-electron chi connectivity index (χ3n) is 6.54. The van der Waals surface area contributed by atoms with Gasteiger partial charge in [0.15, 0.2) is 6.10 Å².